The van der Waals surface area contributed by atoms with Crippen molar-refractivity contribution in [1.29, 1.82) is 0 Å². The zero-order chi connectivity index (χ0) is 14.8. The van der Waals surface area contributed by atoms with Gasteiger partial charge in [-0.25, -0.2) is 17.5 Å². The molecule has 1 aliphatic rings. The van der Waals surface area contributed by atoms with Crippen LogP contribution in [0.5, 0.6) is 0 Å². The van der Waals surface area contributed by atoms with E-state index < -0.39 is 28.0 Å². The van der Waals surface area contributed by atoms with Crippen LogP contribution in [0, 0.1) is 12.7 Å². The van der Waals surface area contributed by atoms with Crippen LogP contribution in [-0.2, 0) is 10.0 Å². The third kappa shape index (κ3) is 3.56. The van der Waals surface area contributed by atoms with Crippen molar-refractivity contribution in [2.45, 2.75) is 56.1 Å². The minimum atomic E-state index is -3.80. The summed E-state index contributed by atoms with van der Waals surface area (Å²) in [5, 5.41) is 9.96. The van der Waals surface area contributed by atoms with Crippen LogP contribution in [0.2, 0.25) is 0 Å². The van der Waals surface area contributed by atoms with E-state index in [-0.39, 0.29) is 4.90 Å². The monoisotopic (exact) mass is 301 g/mol. The zero-order valence-corrected chi connectivity index (χ0v) is 12.3. The van der Waals surface area contributed by atoms with Gasteiger partial charge < -0.3 is 5.11 Å². The molecule has 0 saturated heterocycles. The molecule has 0 heterocycles. The van der Waals surface area contributed by atoms with Gasteiger partial charge in [0.2, 0.25) is 10.0 Å². The van der Waals surface area contributed by atoms with E-state index in [1.807, 2.05) is 0 Å². The lowest BCUT2D eigenvalue weighted by atomic mass is 10.1. The first-order valence-corrected chi connectivity index (χ1v) is 8.35. The maximum Gasteiger partial charge on any atom is 0.241 e. The summed E-state index contributed by atoms with van der Waals surface area (Å²) in [6, 6.07) is 3.34. The van der Waals surface area contributed by atoms with Crippen LogP contribution in [-0.4, -0.2) is 25.7 Å². The van der Waals surface area contributed by atoms with Crippen molar-refractivity contribution in [2.24, 2.45) is 0 Å². The highest BCUT2D eigenvalue weighted by Crippen LogP contribution is 2.21. The minimum Gasteiger partial charge on any atom is -0.391 e. The first-order chi connectivity index (χ1) is 9.40. The Morgan fingerprint density at radius 1 is 1.25 bits per heavy atom. The van der Waals surface area contributed by atoms with Gasteiger partial charge in [-0.2, -0.15) is 0 Å². The van der Waals surface area contributed by atoms with Crippen LogP contribution < -0.4 is 4.72 Å². The Labute approximate surface area is 119 Å². The highest BCUT2D eigenvalue weighted by Gasteiger charge is 2.27. The van der Waals surface area contributed by atoms with E-state index >= 15 is 0 Å². The molecular weight excluding hydrogens is 281 g/mol. The number of nitrogens with one attached hydrogen (secondary N) is 1. The standard InChI is InChI=1S/C14H20FNO3S/c1-10-7-8-11(9-12(10)15)20(18,19)16-13-5-3-2-4-6-14(13)17/h7-9,13-14,16-17H,2-6H2,1H3. The highest BCUT2D eigenvalue weighted by atomic mass is 32.2. The van der Waals surface area contributed by atoms with Gasteiger partial charge >= 0.3 is 0 Å². The van der Waals surface area contributed by atoms with Crippen molar-refractivity contribution < 1.29 is 17.9 Å². The van der Waals surface area contributed by atoms with Crippen LogP contribution in [0.1, 0.15) is 37.7 Å². The van der Waals surface area contributed by atoms with E-state index in [1.54, 1.807) is 6.92 Å². The van der Waals surface area contributed by atoms with Gasteiger partial charge in [-0.1, -0.05) is 25.3 Å². The molecule has 112 valence electrons. The van der Waals surface area contributed by atoms with E-state index in [1.165, 1.54) is 12.1 Å². The molecule has 1 fully saturated rings. The summed E-state index contributed by atoms with van der Waals surface area (Å²) in [4.78, 5) is -0.1000. The molecule has 0 aliphatic heterocycles. The summed E-state index contributed by atoms with van der Waals surface area (Å²) in [5.74, 6) is -0.547. The Hall–Kier alpha value is -0.980. The molecule has 0 bridgehead atoms. The van der Waals surface area contributed by atoms with Crippen molar-refractivity contribution in [1.82, 2.24) is 4.72 Å². The van der Waals surface area contributed by atoms with Crippen LogP contribution >= 0.6 is 0 Å². The summed E-state index contributed by atoms with van der Waals surface area (Å²) in [6.45, 7) is 1.58. The molecule has 1 saturated carbocycles. The van der Waals surface area contributed by atoms with Crippen molar-refractivity contribution in [3.8, 4) is 0 Å². The zero-order valence-electron chi connectivity index (χ0n) is 11.5. The molecular formula is C14H20FNO3S. The van der Waals surface area contributed by atoms with Crippen LogP contribution in [0.4, 0.5) is 4.39 Å². The molecule has 0 spiro atoms. The molecule has 20 heavy (non-hydrogen) atoms. The molecule has 2 unspecified atom stereocenters. The van der Waals surface area contributed by atoms with Gasteiger partial charge in [0.15, 0.2) is 0 Å². The second kappa shape index (κ2) is 6.20. The number of hydrogen-bond acceptors (Lipinski definition) is 3. The van der Waals surface area contributed by atoms with E-state index in [9.17, 15) is 17.9 Å². The molecule has 2 atom stereocenters. The van der Waals surface area contributed by atoms with Crippen molar-refractivity contribution in [3.05, 3.63) is 29.6 Å². The van der Waals surface area contributed by atoms with Crippen molar-refractivity contribution in [3.63, 3.8) is 0 Å². The molecule has 6 heteroatoms. The van der Waals surface area contributed by atoms with E-state index in [4.69, 9.17) is 0 Å². The summed E-state index contributed by atoms with van der Waals surface area (Å²) >= 11 is 0. The smallest absolute Gasteiger partial charge is 0.241 e. The largest absolute Gasteiger partial charge is 0.391 e. The second-order valence-corrected chi connectivity index (χ2v) is 7.06. The van der Waals surface area contributed by atoms with Crippen molar-refractivity contribution >= 4 is 10.0 Å². The summed E-state index contributed by atoms with van der Waals surface area (Å²) in [7, 11) is -3.80. The molecule has 1 aliphatic carbocycles. The highest BCUT2D eigenvalue weighted by molar-refractivity contribution is 7.89. The van der Waals surface area contributed by atoms with E-state index in [2.05, 4.69) is 4.72 Å². The number of hydrogen-bond donors (Lipinski definition) is 2. The van der Waals surface area contributed by atoms with Crippen molar-refractivity contribution in [2.75, 3.05) is 0 Å². The summed E-state index contributed by atoms with van der Waals surface area (Å²) in [6.07, 6.45) is 3.30. The topological polar surface area (TPSA) is 66.4 Å². The maximum atomic E-state index is 13.5. The predicted octanol–water partition coefficient (Wildman–Crippen LogP) is 2.11. The lowest BCUT2D eigenvalue weighted by Gasteiger charge is -2.21. The predicted molar refractivity (Wildman–Crippen MR) is 74.3 cm³/mol. The first kappa shape index (κ1) is 15.4. The summed E-state index contributed by atoms with van der Waals surface area (Å²) in [5.41, 5.74) is 0.401. The lowest BCUT2D eigenvalue weighted by Crippen LogP contribution is -2.42. The maximum absolute atomic E-state index is 13.5. The lowest BCUT2D eigenvalue weighted by molar-refractivity contribution is 0.130. The molecule has 4 nitrogen and oxygen atoms in total. The fourth-order valence-corrected chi connectivity index (χ4v) is 3.75. The fourth-order valence-electron chi connectivity index (χ4n) is 2.43. The van der Waals surface area contributed by atoms with Gasteiger partial charge in [0.05, 0.1) is 11.0 Å². The Morgan fingerprint density at radius 2 is 1.95 bits per heavy atom. The number of aliphatic hydroxyl groups is 1. The fraction of sp³-hybridized carbons (Fsp3) is 0.571. The number of aryl methyl sites for hydroxylation is 1. The number of sulfonamides is 1. The first-order valence-electron chi connectivity index (χ1n) is 6.87. The van der Waals surface area contributed by atoms with Crippen LogP contribution in [0.25, 0.3) is 0 Å². The summed E-state index contributed by atoms with van der Waals surface area (Å²) < 4.78 is 40.5. The number of aliphatic hydroxyl groups excluding tert-OH is 1. The van der Waals surface area contributed by atoms with Gasteiger partial charge in [-0.3, -0.25) is 0 Å². The Morgan fingerprint density at radius 3 is 2.65 bits per heavy atom. The van der Waals surface area contributed by atoms with Gasteiger partial charge in [0, 0.05) is 6.04 Å². The quantitative estimate of drug-likeness (QED) is 0.840. The third-order valence-corrected chi connectivity index (χ3v) is 5.23. The minimum absolute atomic E-state index is 0.1000. The number of halogens is 1. The van der Waals surface area contributed by atoms with E-state index in [0.717, 1.165) is 25.3 Å². The SMILES string of the molecule is Cc1ccc(S(=O)(=O)NC2CCCCCC2O)cc1F. The Kier molecular flexibility index (Phi) is 4.78. The van der Waals surface area contributed by atoms with Crippen LogP contribution in [0.3, 0.4) is 0 Å². The average molecular weight is 301 g/mol. The molecule has 0 aromatic heterocycles. The van der Waals surface area contributed by atoms with Gasteiger partial charge in [0.25, 0.3) is 0 Å². The van der Waals surface area contributed by atoms with Gasteiger partial charge in [-0.05, 0) is 37.5 Å². The number of benzene rings is 1. The Bertz CT molecular complexity index is 574. The van der Waals surface area contributed by atoms with Crippen LogP contribution in [0.15, 0.2) is 23.1 Å². The van der Waals surface area contributed by atoms with E-state index in [0.29, 0.717) is 18.4 Å². The molecule has 2 rings (SSSR count). The molecule has 2 N–H and O–H groups in total. The Balaban J connectivity index is 2.19. The second-order valence-electron chi connectivity index (χ2n) is 5.34. The molecule has 1 aromatic rings. The normalized spacial score (nSPS) is 24.4. The van der Waals surface area contributed by atoms with Gasteiger partial charge in [-0.15, -0.1) is 0 Å². The number of rotatable bonds is 3. The molecule has 0 radical (unpaired) electrons. The molecule has 0 amide bonds. The third-order valence-electron chi connectivity index (χ3n) is 3.74. The van der Waals surface area contributed by atoms with Gasteiger partial charge in [0.1, 0.15) is 5.82 Å². The average Bonchev–Trinajstić information content (AvgIpc) is 2.58. The molecule has 1 aromatic carbocycles.